The second-order valence-electron chi connectivity index (χ2n) is 4.38. The molecule has 2 rings (SSSR count). The summed E-state index contributed by atoms with van der Waals surface area (Å²) in [7, 11) is 0. The number of hydrogen-bond acceptors (Lipinski definition) is 1. The molecule has 0 saturated heterocycles. The Morgan fingerprint density at radius 2 is 2.06 bits per heavy atom. The molecule has 0 atom stereocenters. The number of rotatable bonds is 3. The molecule has 3 nitrogen and oxygen atoms in total. The van der Waals surface area contributed by atoms with Crippen LogP contribution in [0.4, 0.5) is 0 Å². The zero-order valence-electron chi connectivity index (χ0n) is 10.3. The van der Waals surface area contributed by atoms with Crippen LogP contribution in [0.5, 0.6) is 0 Å². The van der Waals surface area contributed by atoms with E-state index in [-0.39, 0.29) is 0 Å². The van der Waals surface area contributed by atoms with Gasteiger partial charge in [0.2, 0.25) is 0 Å². The van der Waals surface area contributed by atoms with Crippen molar-refractivity contribution >= 4 is 17.6 Å². The third kappa shape index (κ3) is 2.41. The lowest BCUT2D eigenvalue weighted by molar-refractivity contribution is 0.0685. The molecule has 1 aromatic heterocycles. The lowest BCUT2D eigenvalue weighted by Crippen LogP contribution is -2.10. The van der Waals surface area contributed by atoms with Crippen molar-refractivity contribution in [2.45, 2.75) is 20.4 Å². The summed E-state index contributed by atoms with van der Waals surface area (Å²) in [6, 6.07) is 7.58. The van der Waals surface area contributed by atoms with Crippen LogP contribution in [-0.4, -0.2) is 15.6 Å². The van der Waals surface area contributed by atoms with Gasteiger partial charge in [0.15, 0.2) is 0 Å². The Hall–Kier alpha value is -1.74. The molecule has 94 valence electrons. The molecule has 0 aliphatic heterocycles. The van der Waals surface area contributed by atoms with Crippen molar-refractivity contribution in [2.75, 3.05) is 0 Å². The second kappa shape index (κ2) is 4.86. The number of nitrogens with zero attached hydrogens (tertiary/aromatic N) is 1. The standard InChI is InChI=1S/C14H14ClNO2/c1-9-3-4-11(12(15)7-9)8-16-6-5-10(2)13(16)14(17)18/h3-7H,8H2,1-2H3,(H,17,18). The van der Waals surface area contributed by atoms with E-state index < -0.39 is 5.97 Å². The molecule has 2 aromatic rings. The fraction of sp³-hybridized carbons (Fsp3) is 0.214. The summed E-state index contributed by atoms with van der Waals surface area (Å²) in [5, 5.41) is 9.84. The van der Waals surface area contributed by atoms with Gasteiger partial charge < -0.3 is 9.67 Å². The largest absolute Gasteiger partial charge is 0.477 e. The SMILES string of the molecule is Cc1ccc(Cn2ccc(C)c2C(=O)O)c(Cl)c1. The van der Waals surface area contributed by atoms with Crippen LogP contribution in [0.25, 0.3) is 0 Å². The molecule has 0 aliphatic rings. The molecule has 1 aromatic carbocycles. The number of benzene rings is 1. The lowest BCUT2D eigenvalue weighted by Gasteiger charge is -2.09. The molecule has 0 spiro atoms. The van der Waals surface area contributed by atoms with Gasteiger partial charge >= 0.3 is 5.97 Å². The third-order valence-electron chi connectivity index (χ3n) is 2.92. The minimum absolute atomic E-state index is 0.312. The first kappa shape index (κ1) is 12.7. The van der Waals surface area contributed by atoms with Crippen LogP contribution in [0.2, 0.25) is 5.02 Å². The molecule has 0 amide bonds. The fourth-order valence-electron chi connectivity index (χ4n) is 1.97. The van der Waals surface area contributed by atoms with Gasteiger partial charge in [0, 0.05) is 17.8 Å². The highest BCUT2D eigenvalue weighted by atomic mass is 35.5. The molecule has 0 unspecified atom stereocenters. The average Bonchev–Trinajstić information content (AvgIpc) is 2.64. The van der Waals surface area contributed by atoms with Crippen LogP contribution < -0.4 is 0 Å². The van der Waals surface area contributed by atoms with Crippen LogP contribution in [0.15, 0.2) is 30.5 Å². The molecule has 0 saturated carbocycles. The zero-order chi connectivity index (χ0) is 13.3. The maximum atomic E-state index is 11.2. The molecule has 1 N–H and O–H groups in total. The molecular formula is C14H14ClNO2. The normalized spacial score (nSPS) is 10.6. The highest BCUT2D eigenvalue weighted by molar-refractivity contribution is 6.31. The number of carboxylic acid groups (broad SMARTS) is 1. The van der Waals surface area contributed by atoms with E-state index in [4.69, 9.17) is 11.6 Å². The first-order valence-corrected chi connectivity index (χ1v) is 6.01. The second-order valence-corrected chi connectivity index (χ2v) is 4.78. The number of carboxylic acids is 1. The summed E-state index contributed by atoms with van der Waals surface area (Å²) < 4.78 is 1.70. The topological polar surface area (TPSA) is 42.2 Å². The Bertz CT molecular complexity index is 602. The van der Waals surface area contributed by atoms with E-state index in [2.05, 4.69) is 0 Å². The first-order chi connectivity index (χ1) is 8.49. The molecule has 4 heteroatoms. The van der Waals surface area contributed by atoms with Gasteiger partial charge in [-0.15, -0.1) is 0 Å². The Labute approximate surface area is 111 Å². The molecule has 1 heterocycles. The predicted molar refractivity (Wildman–Crippen MR) is 71.4 cm³/mol. The van der Waals surface area contributed by atoms with E-state index in [9.17, 15) is 9.90 Å². The number of aryl methyl sites for hydroxylation is 2. The van der Waals surface area contributed by atoms with Gasteiger partial charge in [0.05, 0.1) is 0 Å². The van der Waals surface area contributed by atoms with Gasteiger partial charge in [-0.05, 0) is 42.7 Å². The van der Waals surface area contributed by atoms with Crippen LogP contribution >= 0.6 is 11.6 Å². The predicted octanol–water partition coefficient (Wildman–Crippen LogP) is 3.50. The van der Waals surface area contributed by atoms with E-state index in [1.807, 2.05) is 25.1 Å². The van der Waals surface area contributed by atoms with Gasteiger partial charge in [-0.25, -0.2) is 4.79 Å². The van der Waals surface area contributed by atoms with E-state index in [0.29, 0.717) is 17.3 Å². The van der Waals surface area contributed by atoms with Crippen molar-refractivity contribution in [3.8, 4) is 0 Å². The van der Waals surface area contributed by atoms with Gasteiger partial charge in [-0.2, -0.15) is 0 Å². The summed E-state index contributed by atoms with van der Waals surface area (Å²) in [6.45, 7) is 4.23. The van der Waals surface area contributed by atoms with E-state index >= 15 is 0 Å². The maximum Gasteiger partial charge on any atom is 0.352 e. The van der Waals surface area contributed by atoms with Gasteiger partial charge in [-0.3, -0.25) is 0 Å². The van der Waals surface area contributed by atoms with E-state index in [1.165, 1.54) is 0 Å². The molecule has 0 radical (unpaired) electrons. The maximum absolute atomic E-state index is 11.2. The monoisotopic (exact) mass is 263 g/mol. The molecule has 18 heavy (non-hydrogen) atoms. The zero-order valence-corrected chi connectivity index (χ0v) is 11.0. The summed E-state index contributed by atoms with van der Waals surface area (Å²) in [4.78, 5) is 11.2. The highest BCUT2D eigenvalue weighted by Crippen LogP contribution is 2.20. The summed E-state index contributed by atoms with van der Waals surface area (Å²) in [5.74, 6) is -0.916. The Morgan fingerprint density at radius 3 is 2.67 bits per heavy atom. The van der Waals surface area contributed by atoms with Gasteiger partial charge in [0.25, 0.3) is 0 Å². The van der Waals surface area contributed by atoms with Crippen molar-refractivity contribution < 1.29 is 9.90 Å². The number of hydrogen-bond donors (Lipinski definition) is 1. The van der Waals surface area contributed by atoms with Gasteiger partial charge in [0.1, 0.15) is 5.69 Å². The van der Waals surface area contributed by atoms with Crippen LogP contribution in [0.1, 0.15) is 27.2 Å². The number of aromatic nitrogens is 1. The first-order valence-electron chi connectivity index (χ1n) is 5.63. The fourth-order valence-corrected chi connectivity index (χ4v) is 2.26. The Morgan fingerprint density at radius 1 is 1.33 bits per heavy atom. The summed E-state index contributed by atoms with van der Waals surface area (Å²) in [6.07, 6.45) is 1.77. The Kier molecular flexibility index (Phi) is 3.43. The van der Waals surface area contributed by atoms with E-state index in [1.54, 1.807) is 23.8 Å². The van der Waals surface area contributed by atoms with Crippen molar-refractivity contribution in [2.24, 2.45) is 0 Å². The summed E-state index contributed by atoms with van der Waals surface area (Å²) >= 11 is 6.16. The number of carbonyl (C=O) groups is 1. The Balaban J connectivity index is 2.37. The minimum Gasteiger partial charge on any atom is -0.477 e. The number of aromatic carboxylic acids is 1. The molecule has 0 bridgehead atoms. The van der Waals surface area contributed by atoms with Crippen LogP contribution in [0.3, 0.4) is 0 Å². The van der Waals surface area contributed by atoms with Crippen molar-refractivity contribution in [1.29, 1.82) is 0 Å². The number of halogens is 1. The molecule has 0 fully saturated rings. The van der Waals surface area contributed by atoms with Crippen molar-refractivity contribution in [3.05, 3.63) is 57.9 Å². The van der Waals surface area contributed by atoms with Crippen molar-refractivity contribution in [3.63, 3.8) is 0 Å². The average molecular weight is 264 g/mol. The quantitative estimate of drug-likeness (QED) is 0.921. The lowest BCUT2D eigenvalue weighted by atomic mass is 10.1. The summed E-state index contributed by atoms with van der Waals surface area (Å²) in [5.41, 5.74) is 3.07. The highest BCUT2D eigenvalue weighted by Gasteiger charge is 2.14. The van der Waals surface area contributed by atoms with Crippen LogP contribution in [-0.2, 0) is 6.54 Å². The van der Waals surface area contributed by atoms with Crippen LogP contribution in [0, 0.1) is 13.8 Å². The third-order valence-corrected chi connectivity index (χ3v) is 3.27. The molecule has 0 aliphatic carbocycles. The molecular weight excluding hydrogens is 250 g/mol. The van der Waals surface area contributed by atoms with E-state index in [0.717, 1.165) is 16.7 Å². The smallest absolute Gasteiger partial charge is 0.352 e. The van der Waals surface area contributed by atoms with Gasteiger partial charge in [-0.1, -0.05) is 23.7 Å². The minimum atomic E-state index is -0.916. The van der Waals surface area contributed by atoms with Crippen molar-refractivity contribution in [1.82, 2.24) is 4.57 Å².